The van der Waals surface area contributed by atoms with Gasteiger partial charge in [-0.25, -0.2) is 0 Å². The van der Waals surface area contributed by atoms with Gasteiger partial charge < -0.3 is 15.2 Å². The molecule has 0 aliphatic carbocycles. The molecule has 0 spiro atoms. The van der Waals surface area contributed by atoms with Crippen molar-refractivity contribution in [1.82, 2.24) is 25.4 Å². The lowest BCUT2D eigenvalue weighted by Crippen LogP contribution is -2.43. The predicted octanol–water partition coefficient (Wildman–Crippen LogP) is 4.71. The molecule has 0 radical (unpaired) electrons. The van der Waals surface area contributed by atoms with Crippen molar-refractivity contribution in [1.29, 1.82) is 0 Å². The molecule has 3 aromatic rings. The number of benzene rings is 2. The van der Waals surface area contributed by atoms with Gasteiger partial charge in [0, 0.05) is 19.0 Å². The number of nitrogens with zero attached hydrogens (tertiary/aromatic N) is 4. The van der Waals surface area contributed by atoms with Gasteiger partial charge in [-0.2, -0.15) is 0 Å². The van der Waals surface area contributed by atoms with E-state index in [-0.39, 0.29) is 30.0 Å². The highest BCUT2D eigenvalue weighted by Gasteiger charge is 2.12. The zero-order chi connectivity index (χ0) is 20.6. The van der Waals surface area contributed by atoms with Crippen LogP contribution < -0.4 is 10.6 Å². The van der Waals surface area contributed by atoms with Crippen molar-refractivity contribution in [2.24, 2.45) is 4.99 Å². The maximum atomic E-state index is 4.83. The quantitative estimate of drug-likeness (QED) is 0.257. The average molecular weight is 520 g/mol. The summed E-state index contributed by atoms with van der Waals surface area (Å²) in [4.78, 5) is 4.83. The molecule has 2 aromatic carbocycles. The second-order valence-electron chi connectivity index (χ2n) is 7.41. The van der Waals surface area contributed by atoms with Crippen molar-refractivity contribution in [3.8, 4) is 0 Å². The van der Waals surface area contributed by atoms with Crippen LogP contribution in [-0.2, 0) is 13.0 Å². The number of rotatable bonds is 8. The zero-order valence-electron chi connectivity index (χ0n) is 18.3. The Morgan fingerprint density at radius 3 is 2.60 bits per heavy atom. The fourth-order valence-corrected chi connectivity index (χ4v) is 3.39. The maximum absolute atomic E-state index is 4.83. The van der Waals surface area contributed by atoms with Crippen molar-refractivity contribution < 1.29 is 0 Å². The van der Waals surface area contributed by atoms with Crippen molar-refractivity contribution in [2.45, 2.75) is 59.2 Å². The summed E-state index contributed by atoms with van der Waals surface area (Å²) in [5.41, 5.74) is 1.27. The van der Waals surface area contributed by atoms with Crippen molar-refractivity contribution >= 4 is 40.7 Å². The number of nitrogens with one attached hydrogen (secondary N) is 2. The largest absolute Gasteiger partial charge is 0.354 e. The van der Waals surface area contributed by atoms with E-state index >= 15 is 0 Å². The number of halogens is 1. The lowest BCUT2D eigenvalue weighted by molar-refractivity contribution is 0.597. The molecule has 6 nitrogen and oxygen atoms in total. The topological polar surface area (TPSA) is 67.1 Å². The first kappa shape index (κ1) is 24.1. The molecular formula is C23H33IN6. The minimum Gasteiger partial charge on any atom is -0.354 e. The Balaban J connectivity index is 0.00000320. The summed E-state index contributed by atoms with van der Waals surface area (Å²) in [6.07, 6.45) is 3.69. The predicted molar refractivity (Wildman–Crippen MR) is 136 cm³/mol. The standard InChI is InChI=1S/C23H32N6.HI/c1-5-17(3)26-23(24-14-15-29-16-25-28-22(29)6-2)27-18(4)20-13-9-11-19-10-7-8-12-21(19)20;/h7-13,16-18H,5-6,14-15H2,1-4H3,(H2,24,26,27);1H. The Hall–Kier alpha value is -2.16. The molecule has 2 atom stereocenters. The second-order valence-corrected chi connectivity index (χ2v) is 7.41. The summed E-state index contributed by atoms with van der Waals surface area (Å²) < 4.78 is 2.07. The lowest BCUT2D eigenvalue weighted by Gasteiger charge is -2.22. The summed E-state index contributed by atoms with van der Waals surface area (Å²) in [5, 5.41) is 17.8. The normalized spacial score (nSPS) is 13.5. The summed E-state index contributed by atoms with van der Waals surface area (Å²) in [6, 6.07) is 15.5. The smallest absolute Gasteiger partial charge is 0.192 e. The Morgan fingerprint density at radius 2 is 1.83 bits per heavy atom. The van der Waals surface area contributed by atoms with Gasteiger partial charge in [0.05, 0.1) is 12.6 Å². The third-order valence-electron chi connectivity index (χ3n) is 5.26. The van der Waals surface area contributed by atoms with Crippen LogP contribution in [-0.4, -0.2) is 33.3 Å². The molecule has 0 aliphatic rings. The molecule has 0 fully saturated rings. The van der Waals surface area contributed by atoms with E-state index < -0.39 is 0 Å². The molecule has 162 valence electrons. The van der Waals surface area contributed by atoms with E-state index in [4.69, 9.17) is 4.99 Å². The third kappa shape index (κ3) is 6.17. The molecule has 2 unspecified atom stereocenters. The lowest BCUT2D eigenvalue weighted by atomic mass is 10.00. The van der Waals surface area contributed by atoms with E-state index in [0.717, 1.165) is 31.2 Å². The van der Waals surface area contributed by atoms with Gasteiger partial charge in [-0.1, -0.05) is 56.3 Å². The maximum Gasteiger partial charge on any atom is 0.192 e. The van der Waals surface area contributed by atoms with Gasteiger partial charge in [-0.05, 0) is 36.6 Å². The minimum atomic E-state index is 0. The van der Waals surface area contributed by atoms with Gasteiger partial charge in [0.1, 0.15) is 12.2 Å². The Kier molecular flexibility index (Phi) is 9.55. The fraction of sp³-hybridized carbons (Fsp3) is 0.435. The van der Waals surface area contributed by atoms with Crippen molar-refractivity contribution in [3.05, 3.63) is 60.2 Å². The summed E-state index contributed by atoms with van der Waals surface area (Å²) in [5.74, 6) is 1.83. The number of aliphatic imine (C=N–C) groups is 1. The molecule has 0 bridgehead atoms. The number of hydrogen-bond acceptors (Lipinski definition) is 3. The van der Waals surface area contributed by atoms with Crippen LogP contribution in [0.5, 0.6) is 0 Å². The van der Waals surface area contributed by atoms with E-state index in [9.17, 15) is 0 Å². The first-order valence-electron chi connectivity index (χ1n) is 10.5. The Labute approximate surface area is 196 Å². The first-order valence-corrected chi connectivity index (χ1v) is 10.5. The highest BCUT2D eigenvalue weighted by molar-refractivity contribution is 14.0. The van der Waals surface area contributed by atoms with E-state index in [1.165, 1.54) is 16.3 Å². The number of aromatic nitrogens is 3. The molecule has 0 aliphatic heterocycles. The van der Waals surface area contributed by atoms with Crippen LogP contribution in [0.2, 0.25) is 0 Å². The van der Waals surface area contributed by atoms with Crippen LogP contribution in [0.3, 0.4) is 0 Å². The summed E-state index contributed by atoms with van der Waals surface area (Å²) >= 11 is 0. The number of hydrogen-bond donors (Lipinski definition) is 2. The molecule has 30 heavy (non-hydrogen) atoms. The fourth-order valence-electron chi connectivity index (χ4n) is 3.39. The Morgan fingerprint density at radius 1 is 1.07 bits per heavy atom. The van der Waals surface area contributed by atoms with Crippen LogP contribution in [0.25, 0.3) is 10.8 Å². The van der Waals surface area contributed by atoms with Crippen molar-refractivity contribution in [3.63, 3.8) is 0 Å². The number of aryl methyl sites for hydroxylation is 1. The van der Waals surface area contributed by atoms with E-state index in [1.54, 1.807) is 6.33 Å². The SMILES string of the molecule is CCc1nncn1CCN=C(NC(C)CC)NC(C)c1cccc2ccccc12.I. The molecule has 7 heteroatoms. The third-order valence-corrected chi connectivity index (χ3v) is 5.26. The zero-order valence-corrected chi connectivity index (χ0v) is 20.6. The molecule has 2 N–H and O–H groups in total. The highest BCUT2D eigenvalue weighted by Crippen LogP contribution is 2.23. The monoisotopic (exact) mass is 520 g/mol. The average Bonchev–Trinajstić information content (AvgIpc) is 3.20. The van der Waals surface area contributed by atoms with Crippen LogP contribution in [0, 0.1) is 0 Å². The molecule has 3 rings (SSSR count). The van der Waals surface area contributed by atoms with Crippen LogP contribution >= 0.6 is 24.0 Å². The molecule has 1 heterocycles. The summed E-state index contributed by atoms with van der Waals surface area (Å²) in [6.45, 7) is 10.1. The van der Waals surface area contributed by atoms with Crippen LogP contribution in [0.1, 0.15) is 51.5 Å². The van der Waals surface area contributed by atoms with Crippen molar-refractivity contribution in [2.75, 3.05) is 6.54 Å². The van der Waals surface area contributed by atoms with Gasteiger partial charge >= 0.3 is 0 Å². The van der Waals surface area contributed by atoms with Gasteiger partial charge in [0.2, 0.25) is 0 Å². The van der Waals surface area contributed by atoms with E-state index in [0.29, 0.717) is 12.6 Å². The molecule has 0 saturated carbocycles. The van der Waals surface area contributed by atoms with Gasteiger partial charge in [0.15, 0.2) is 5.96 Å². The van der Waals surface area contributed by atoms with Gasteiger partial charge in [-0.3, -0.25) is 4.99 Å². The van der Waals surface area contributed by atoms with Gasteiger partial charge in [0.25, 0.3) is 0 Å². The summed E-state index contributed by atoms with van der Waals surface area (Å²) in [7, 11) is 0. The van der Waals surface area contributed by atoms with Gasteiger partial charge in [-0.15, -0.1) is 34.2 Å². The van der Waals surface area contributed by atoms with Crippen LogP contribution in [0.15, 0.2) is 53.8 Å². The van der Waals surface area contributed by atoms with E-state index in [1.807, 2.05) is 0 Å². The molecular weight excluding hydrogens is 487 g/mol. The molecule has 0 amide bonds. The van der Waals surface area contributed by atoms with E-state index in [2.05, 4.69) is 95.6 Å². The number of fused-ring (bicyclic) bond motifs is 1. The molecule has 1 aromatic heterocycles. The second kappa shape index (κ2) is 11.9. The highest BCUT2D eigenvalue weighted by atomic mass is 127. The first-order chi connectivity index (χ1) is 14.1. The Bertz CT molecular complexity index is 946. The number of guanidine groups is 1. The molecule has 0 saturated heterocycles. The van der Waals surface area contributed by atoms with Crippen LogP contribution in [0.4, 0.5) is 0 Å². The minimum absolute atomic E-state index is 0.